The maximum atomic E-state index is 11.9. The van der Waals surface area contributed by atoms with Crippen LogP contribution in [0.15, 0.2) is 0 Å². The van der Waals surface area contributed by atoms with Crippen LogP contribution in [-0.2, 0) is 9.53 Å². The summed E-state index contributed by atoms with van der Waals surface area (Å²) < 4.78 is 5.33. The Morgan fingerprint density at radius 2 is 2.22 bits per heavy atom. The van der Waals surface area contributed by atoms with Crippen molar-refractivity contribution in [2.24, 2.45) is 11.1 Å². The van der Waals surface area contributed by atoms with Crippen molar-refractivity contribution >= 4 is 12.0 Å². The SMILES string of the molecule is CC(C)(C)OC(=O)N1CC[C@]2(CNC(=O)[C@H]2N)C1. The number of hydrogen-bond acceptors (Lipinski definition) is 4. The van der Waals surface area contributed by atoms with Gasteiger partial charge in [0.05, 0.1) is 6.04 Å². The van der Waals surface area contributed by atoms with Crippen LogP contribution in [0, 0.1) is 5.41 Å². The van der Waals surface area contributed by atoms with Crippen molar-refractivity contribution in [2.45, 2.75) is 38.8 Å². The van der Waals surface area contributed by atoms with Gasteiger partial charge >= 0.3 is 6.09 Å². The van der Waals surface area contributed by atoms with E-state index in [4.69, 9.17) is 10.5 Å². The maximum Gasteiger partial charge on any atom is 0.410 e. The highest BCUT2D eigenvalue weighted by atomic mass is 16.6. The molecule has 0 aromatic heterocycles. The number of carbonyl (C=O) groups excluding carboxylic acids is 2. The van der Waals surface area contributed by atoms with E-state index in [1.54, 1.807) is 4.90 Å². The molecule has 2 rings (SSSR count). The summed E-state index contributed by atoms with van der Waals surface area (Å²) in [5, 5.41) is 2.77. The fraction of sp³-hybridized carbons (Fsp3) is 0.833. The first-order valence-corrected chi connectivity index (χ1v) is 6.25. The van der Waals surface area contributed by atoms with E-state index in [-0.39, 0.29) is 17.4 Å². The highest BCUT2D eigenvalue weighted by Crippen LogP contribution is 2.36. The monoisotopic (exact) mass is 255 g/mol. The Morgan fingerprint density at radius 3 is 2.72 bits per heavy atom. The van der Waals surface area contributed by atoms with Crippen molar-refractivity contribution in [3.8, 4) is 0 Å². The smallest absolute Gasteiger partial charge is 0.410 e. The quantitative estimate of drug-likeness (QED) is 0.641. The average Bonchev–Trinajstić information content (AvgIpc) is 2.78. The van der Waals surface area contributed by atoms with Crippen LogP contribution in [0.25, 0.3) is 0 Å². The van der Waals surface area contributed by atoms with E-state index in [1.807, 2.05) is 20.8 Å². The van der Waals surface area contributed by atoms with Gasteiger partial charge in [-0.3, -0.25) is 4.79 Å². The number of carbonyl (C=O) groups is 2. The van der Waals surface area contributed by atoms with Crippen LogP contribution in [-0.4, -0.2) is 48.2 Å². The largest absolute Gasteiger partial charge is 0.444 e. The molecule has 0 aromatic rings. The number of amides is 2. The van der Waals surface area contributed by atoms with Crippen molar-refractivity contribution in [1.82, 2.24) is 10.2 Å². The number of nitrogens with one attached hydrogen (secondary N) is 1. The molecule has 6 heteroatoms. The molecule has 0 saturated carbocycles. The molecular formula is C12H21N3O3. The van der Waals surface area contributed by atoms with Crippen LogP contribution in [0.3, 0.4) is 0 Å². The summed E-state index contributed by atoms with van der Waals surface area (Å²) in [6.45, 7) is 7.14. The molecule has 6 nitrogen and oxygen atoms in total. The van der Waals surface area contributed by atoms with E-state index in [0.717, 1.165) is 6.42 Å². The molecule has 0 unspecified atom stereocenters. The Labute approximate surface area is 107 Å². The zero-order valence-corrected chi connectivity index (χ0v) is 11.2. The lowest BCUT2D eigenvalue weighted by molar-refractivity contribution is -0.121. The molecule has 2 saturated heterocycles. The minimum absolute atomic E-state index is 0.124. The molecule has 0 bridgehead atoms. The second-order valence-corrected chi connectivity index (χ2v) is 6.21. The van der Waals surface area contributed by atoms with Gasteiger partial charge in [0.2, 0.25) is 5.91 Å². The molecule has 18 heavy (non-hydrogen) atoms. The Morgan fingerprint density at radius 1 is 1.56 bits per heavy atom. The van der Waals surface area contributed by atoms with Gasteiger partial charge < -0.3 is 20.7 Å². The third kappa shape index (κ3) is 2.29. The number of rotatable bonds is 0. The molecule has 102 valence electrons. The molecule has 0 aromatic carbocycles. The summed E-state index contributed by atoms with van der Waals surface area (Å²) >= 11 is 0. The second-order valence-electron chi connectivity index (χ2n) is 6.21. The van der Waals surface area contributed by atoms with E-state index in [9.17, 15) is 9.59 Å². The van der Waals surface area contributed by atoms with E-state index in [0.29, 0.717) is 19.6 Å². The number of likely N-dealkylation sites (tertiary alicyclic amines) is 1. The Hall–Kier alpha value is -1.30. The number of nitrogens with zero attached hydrogens (tertiary/aromatic N) is 1. The van der Waals surface area contributed by atoms with E-state index in [2.05, 4.69) is 5.32 Å². The molecule has 0 aliphatic carbocycles. The van der Waals surface area contributed by atoms with Gasteiger partial charge in [0.1, 0.15) is 5.60 Å². The summed E-state index contributed by atoms with van der Waals surface area (Å²) in [5.74, 6) is -0.124. The van der Waals surface area contributed by atoms with Crippen LogP contribution in [0.2, 0.25) is 0 Å². The van der Waals surface area contributed by atoms with E-state index < -0.39 is 11.6 Å². The van der Waals surface area contributed by atoms with Crippen LogP contribution in [0.5, 0.6) is 0 Å². The molecule has 2 amide bonds. The summed E-state index contributed by atoms with van der Waals surface area (Å²) in [5.41, 5.74) is 5.10. The van der Waals surface area contributed by atoms with Crippen LogP contribution in [0.1, 0.15) is 27.2 Å². The molecule has 3 N–H and O–H groups in total. The van der Waals surface area contributed by atoms with Gasteiger partial charge in [0.15, 0.2) is 0 Å². The summed E-state index contributed by atoms with van der Waals surface area (Å²) in [6, 6.07) is -0.523. The first-order valence-electron chi connectivity index (χ1n) is 6.25. The van der Waals surface area contributed by atoms with Crippen LogP contribution < -0.4 is 11.1 Å². The van der Waals surface area contributed by atoms with Gasteiger partial charge in [-0.25, -0.2) is 4.79 Å². The van der Waals surface area contributed by atoms with E-state index >= 15 is 0 Å². The van der Waals surface area contributed by atoms with E-state index in [1.165, 1.54) is 0 Å². The van der Waals surface area contributed by atoms with Gasteiger partial charge in [-0.1, -0.05) is 0 Å². The molecule has 0 radical (unpaired) electrons. The third-order valence-corrected chi connectivity index (χ3v) is 3.59. The highest BCUT2D eigenvalue weighted by molar-refractivity contribution is 5.85. The average molecular weight is 255 g/mol. The Balaban J connectivity index is 2.01. The fourth-order valence-corrected chi connectivity index (χ4v) is 2.54. The lowest BCUT2D eigenvalue weighted by Crippen LogP contribution is -2.45. The highest BCUT2D eigenvalue weighted by Gasteiger charge is 2.51. The summed E-state index contributed by atoms with van der Waals surface area (Å²) in [6.07, 6.45) is 0.414. The van der Waals surface area contributed by atoms with Crippen molar-refractivity contribution in [1.29, 1.82) is 0 Å². The molecule has 2 heterocycles. The summed E-state index contributed by atoms with van der Waals surface area (Å²) in [4.78, 5) is 25.1. The first kappa shape index (κ1) is 13.1. The van der Waals surface area contributed by atoms with Gasteiger partial charge in [-0.2, -0.15) is 0 Å². The topological polar surface area (TPSA) is 84.7 Å². The predicted molar refractivity (Wildman–Crippen MR) is 65.8 cm³/mol. The molecular weight excluding hydrogens is 234 g/mol. The number of nitrogens with two attached hydrogens (primary N) is 1. The minimum atomic E-state index is -0.523. The van der Waals surface area contributed by atoms with Gasteiger partial charge in [0, 0.05) is 25.0 Å². The van der Waals surface area contributed by atoms with Crippen molar-refractivity contribution < 1.29 is 14.3 Å². The minimum Gasteiger partial charge on any atom is -0.444 e. The lowest BCUT2D eigenvalue weighted by atomic mass is 9.82. The second kappa shape index (κ2) is 4.12. The Bertz CT molecular complexity index is 377. The van der Waals surface area contributed by atoms with Crippen LogP contribution in [0.4, 0.5) is 4.79 Å². The van der Waals surface area contributed by atoms with Crippen molar-refractivity contribution in [2.75, 3.05) is 19.6 Å². The fourth-order valence-electron chi connectivity index (χ4n) is 2.54. The number of hydrogen-bond donors (Lipinski definition) is 2. The molecule has 2 fully saturated rings. The van der Waals surface area contributed by atoms with Crippen molar-refractivity contribution in [3.63, 3.8) is 0 Å². The Kier molecular flexibility index (Phi) is 3.01. The zero-order chi connectivity index (χ0) is 13.6. The first-order chi connectivity index (χ1) is 8.23. The lowest BCUT2D eigenvalue weighted by Gasteiger charge is -2.27. The van der Waals surface area contributed by atoms with Gasteiger partial charge in [-0.05, 0) is 27.2 Å². The van der Waals surface area contributed by atoms with Crippen LogP contribution >= 0.6 is 0 Å². The standard InChI is InChI=1S/C12H21N3O3/c1-11(2,3)18-10(17)15-5-4-12(7-15)6-14-9(16)8(12)13/h8H,4-7,13H2,1-3H3,(H,14,16)/t8-,12+/m1/s1. The molecule has 2 aliphatic rings. The predicted octanol–water partition coefficient (Wildman–Crippen LogP) is 0.0707. The molecule has 2 aliphatic heterocycles. The molecule has 2 atom stereocenters. The van der Waals surface area contributed by atoms with Gasteiger partial charge in [0.25, 0.3) is 0 Å². The summed E-state index contributed by atoms with van der Waals surface area (Å²) in [7, 11) is 0. The zero-order valence-electron chi connectivity index (χ0n) is 11.2. The molecule has 1 spiro atoms. The van der Waals surface area contributed by atoms with Crippen molar-refractivity contribution in [3.05, 3.63) is 0 Å². The normalized spacial score (nSPS) is 31.9. The number of ether oxygens (including phenoxy) is 1. The third-order valence-electron chi connectivity index (χ3n) is 3.59. The maximum absolute atomic E-state index is 11.9. The van der Waals surface area contributed by atoms with Gasteiger partial charge in [-0.15, -0.1) is 0 Å².